The van der Waals surface area contributed by atoms with Crippen LogP contribution in [0.15, 0.2) is 30.6 Å². The predicted octanol–water partition coefficient (Wildman–Crippen LogP) is 2.81. The average molecular weight is 274 g/mol. The van der Waals surface area contributed by atoms with Gasteiger partial charge >= 0.3 is 0 Å². The summed E-state index contributed by atoms with van der Waals surface area (Å²) in [5.41, 5.74) is 7.82. The Hall–Kier alpha value is -2.01. The molecule has 0 aliphatic carbocycles. The summed E-state index contributed by atoms with van der Waals surface area (Å²) in [5.74, 6) is 0.781. The van der Waals surface area contributed by atoms with Crippen LogP contribution in [0.3, 0.4) is 0 Å². The van der Waals surface area contributed by atoms with Crippen molar-refractivity contribution in [1.29, 1.82) is 0 Å². The molecule has 5 heteroatoms. The number of nitrogens with one attached hydrogen (secondary N) is 1. The van der Waals surface area contributed by atoms with Crippen LogP contribution in [-0.2, 0) is 13.1 Å². The van der Waals surface area contributed by atoms with Crippen molar-refractivity contribution < 1.29 is 4.39 Å². The minimum atomic E-state index is -0.251. The van der Waals surface area contributed by atoms with E-state index in [-0.39, 0.29) is 5.82 Å². The van der Waals surface area contributed by atoms with Gasteiger partial charge in [0.25, 0.3) is 0 Å². The highest BCUT2D eigenvalue weighted by Gasteiger charge is 2.05. The molecule has 1 aromatic carbocycles. The van der Waals surface area contributed by atoms with Gasteiger partial charge in [0.15, 0.2) is 0 Å². The number of rotatable bonds is 5. The molecule has 106 valence electrons. The number of hydrogen-bond donors (Lipinski definition) is 2. The summed E-state index contributed by atoms with van der Waals surface area (Å²) in [6.45, 7) is 4.86. The summed E-state index contributed by atoms with van der Waals surface area (Å²) in [6, 6.07) is 6.93. The van der Waals surface area contributed by atoms with E-state index in [1.54, 1.807) is 6.07 Å². The zero-order valence-corrected chi connectivity index (χ0v) is 11.7. The van der Waals surface area contributed by atoms with Crippen LogP contribution in [0.25, 0.3) is 0 Å². The average Bonchev–Trinajstić information content (AvgIpc) is 2.46. The van der Waals surface area contributed by atoms with E-state index in [4.69, 9.17) is 5.73 Å². The van der Waals surface area contributed by atoms with Gasteiger partial charge < -0.3 is 11.1 Å². The van der Waals surface area contributed by atoms with Gasteiger partial charge in [0.1, 0.15) is 18.0 Å². The van der Waals surface area contributed by atoms with Gasteiger partial charge in [-0.1, -0.05) is 26.0 Å². The summed E-state index contributed by atoms with van der Waals surface area (Å²) in [5, 5.41) is 3.11. The van der Waals surface area contributed by atoms with Crippen LogP contribution in [0, 0.1) is 5.82 Å². The highest BCUT2D eigenvalue weighted by molar-refractivity contribution is 5.37. The molecule has 0 saturated carbocycles. The van der Waals surface area contributed by atoms with Gasteiger partial charge in [0.2, 0.25) is 0 Å². The SMILES string of the molecule is CC(C)c1cc(NCc2ccc(CN)cc2F)ncn1. The lowest BCUT2D eigenvalue weighted by Gasteiger charge is -2.10. The van der Waals surface area contributed by atoms with E-state index in [2.05, 4.69) is 29.1 Å². The molecule has 0 radical (unpaired) electrons. The lowest BCUT2D eigenvalue weighted by atomic mass is 10.1. The number of nitrogens with two attached hydrogens (primary N) is 1. The zero-order chi connectivity index (χ0) is 14.5. The lowest BCUT2D eigenvalue weighted by molar-refractivity contribution is 0.610. The lowest BCUT2D eigenvalue weighted by Crippen LogP contribution is -2.06. The van der Waals surface area contributed by atoms with Crippen molar-refractivity contribution >= 4 is 5.82 Å². The molecule has 1 heterocycles. The van der Waals surface area contributed by atoms with E-state index in [0.29, 0.717) is 30.4 Å². The fourth-order valence-corrected chi connectivity index (χ4v) is 1.83. The number of benzene rings is 1. The number of nitrogens with zero attached hydrogens (tertiary/aromatic N) is 2. The van der Waals surface area contributed by atoms with E-state index in [9.17, 15) is 4.39 Å². The molecule has 0 aliphatic heterocycles. The van der Waals surface area contributed by atoms with Crippen molar-refractivity contribution in [2.24, 2.45) is 5.73 Å². The number of halogens is 1. The fourth-order valence-electron chi connectivity index (χ4n) is 1.83. The molecule has 0 atom stereocenters. The summed E-state index contributed by atoms with van der Waals surface area (Å²) in [4.78, 5) is 8.33. The summed E-state index contributed by atoms with van der Waals surface area (Å²) in [7, 11) is 0. The molecule has 0 amide bonds. The Morgan fingerprint density at radius 1 is 1.25 bits per heavy atom. The van der Waals surface area contributed by atoms with E-state index in [0.717, 1.165) is 11.3 Å². The van der Waals surface area contributed by atoms with E-state index in [1.807, 2.05) is 12.1 Å². The normalized spacial score (nSPS) is 10.8. The third kappa shape index (κ3) is 3.51. The molecule has 2 aromatic rings. The monoisotopic (exact) mass is 274 g/mol. The van der Waals surface area contributed by atoms with Crippen molar-refractivity contribution in [2.75, 3.05) is 5.32 Å². The Bertz CT molecular complexity index is 584. The van der Waals surface area contributed by atoms with Gasteiger partial charge in [-0.05, 0) is 17.5 Å². The van der Waals surface area contributed by atoms with Gasteiger partial charge in [-0.2, -0.15) is 0 Å². The van der Waals surface area contributed by atoms with E-state index in [1.165, 1.54) is 12.4 Å². The highest BCUT2D eigenvalue weighted by atomic mass is 19.1. The van der Waals surface area contributed by atoms with Gasteiger partial charge in [0, 0.05) is 30.4 Å². The van der Waals surface area contributed by atoms with Gasteiger partial charge in [0.05, 0.1) is 0 Å². The van der Waals surface area contributed by atoms with Gasteiger partial charge in [-0.3, -0.25) is 0 Å². The van der Waals surface area contributed by atoms with Crippen LogP contribution in [0.2, 0.25) is 0 Å². The molecule has 20 heavy (non-hydrogen) atoms. The molecule has 0 saturated heterocycles. The molecular formula is C15H19FN4. The quantitative estimate of drug-likeness (QED) is 0.880. The number of anilines is 1. The van der Waals surface area contributed by atoms with Gasteiger partial charge in [-0.15, -0.1) is 0 Å². The van der Waals surface area contributed by atoms with Gasteiger partial charge in [-0.25, -0.2) is 14.4 Å². The van der Waals surface area contributed by atoms with Crippen molar-refractivity contribution in [3.05, 3.63) is 53.2 Å². The minimum Gasteiger partial charge on any atom is -0.366 e. The molecular weight excluding hydrogens is 255 g/mol. The standard InChI is InChI=1S/C15H19FN4/c1-10(2)14-6-15(20-9-19-14)18-8-12-4-3-11(7-17)5-13(12)16/h3-6,9-10H,7-8,17H2,1-2H3,(H,18,19,20). The third-order valence-electron chi connectivity index (χ3n) is 3.09. The van der Waals surface area contributed by atoms with Crippen LogP contribution in [0.1, 0.15) is 36.6 Å². The Labute approximate surface area is 118 Å². The molecule has 0 fully saturated rings. The maximum Gasteiger partial charge on any atom is 0.129 e. The van der Waals surface area contributed by atoms with Crippen molar-refractivity contribution in [3.63, 3.8) is 0 Å². The first-order valence-electron chi connectivity index (χ1n) is 6.63. The first-order valence-corrected chi connectivity index (χ1v) is 6.63. The molecule has 0 aliphatic rings. The topological polar surface area (TPSA) is 63.8 Å². The molecule has 3 N–H and O–H groups in total. The van der Waals surface area contributed by atoms with Crippen LogP contribution in [0.4, 0.5) is 10.2 Å². The smallest absolute Gasteiger partial charge is 0.129 e. The molecule has 0 unspecified atom stereocenters. The Balaban J connectivity index is 2.07. The number of hydrogen-bond acceptors (Lipinski definition) is 4. The largest absolute Gasteiger partial charge is 0.366 e. The predicted molar refractivity (Wildman–Crippen MR) is 77.7 cm³/mol. The Morgan fingerprint density at radius 3 is 2.70 bits per heavy atom. The summed E-state index contributed by atoms with van der Waals surface area (Å²) in [6.07, 6.45) is 1.52. The molecule has 1 aromatic heterocycles. The second kappa shape index (κ2) is 6.43. The zero-order valence-electron chi connectivity index (χ0n) is 11.7. The Kier molecular flexibility index (Phi) is 4.63. The molecule has 0 spiro atoms. The van der Waals surface area contributed by atoms with Crippen LogP contribution < -0.4 is 11.1 Å². The minimum absolute atomic E-state index is 0.251. The summed E-state index contributed by atoms with van der Waals surface area (Å²) < 4.78 is 13.8. The maximum absolute atomic E-state index is 13.8. The van der Waals surface area contributed by atoms with Crippen LogP contribution in [0.5, 0.6) is 0 Å². The van der Waals surface area contributed by atoms with E-state index >= 15 is 0 Å². The summed E-state index contributed by atoms with van der Waals surface area (Å²) >= 11 is 0. The maximum atomic E-state index is 13.8. The fraction of sp³-hybridized carbons (Fsp3) is 0.333. The van der Waals surface area contributed by atoms with Crippen LogP contribution in [-0.4, -0.2) is 9.97 Å². The van der Waals surface area contributed by atoms with Crippen molar-refractivity contribution in [3.8, 4) is 0 Å². The first-order chi connectivity index (χ1) is 9.60. The van der Waals surface area contributed by atoms with E-state index < -0.39 is 0 Å². The Morgan fingerprint density at radius 2 is 2.05 bits per heavy atom. The van der Waals surface area contributed by atoms with Crippen molar-refractivity contribution in [2.45, 2.75) is 32.9 Å². The third-order valence-corrected chi connectivity index (χ3v) is 3.09. The first kappa shape index (κ1) is 14.4. The second-order valence-corrected chi connectivity index (χ2v) is 4.97. The highest BCUT2D eigenvalue weighted by Crippen LogP contribution is 2.15. The molecule has 2 rings (SSSR count). The molecule has 0 bridgehead atoms. The number of aromatic nitrogens is 2. The second-order valence-electron chi connectivity index (χ2n) is 4.97. The van der Waals surface area contributed by atoms with Crippen molar-refractivity contribution in [1.82, 2.24) is 9.97 Å². The van der Waals surface area contributed by atoms with Crippen LogP contribution >= 0.6 is 0 Å². The molecule has 4 nitrogen and oxygen atoms in total.